The standard InChI is InChI=1S/C13H11N3OS/c1-9-15-12(8-18-9)13(17)16(2)11-5-3-4-10(6-11)7-14/h3-6,8H,1-2H3. The molecule has 90 valence electrons. The van der Waals surface area contributed by atoms with Gasteiger partial charge in [-0.3, -0.25) is 4.79 Å². The monoisotopic (exact) mass is 257 g/mol. The second-order valence-corrected chi connectivity index (χ2v) is 4.84. The van der Waals surface area contributed by atoms with E-state index >= 15 is 0 Å². The molecule has 0 bridgehead atoms. The number of nitriles is 1. The predicted octanol–water partition coefficient (Wildman–Crippen LogP) is 2.60. The molecule has 2 aromatic rings. The van der Waals surface area contributed by atoms with Gasteiger partial charge in [-0.15, -0.1) is 11.3 Å². The summed E-state index contributed by atoms with van der Waals surface area (Å²) < 4.78 is 0. The lowest BCUT2D eigenvalue weighted by molar-refractivity contribution is 0.0989. The van der Waals surface area contributed by atoms with Crippen LogP contribution >= 0.6 is 11.3 Å². The van der Waals surface area contributed by atoms with E-state index < -0.39 is 0 Å². The van der Waals surface area contributed by atoms with Gasteiger partial charge in [0.25, 0.3) is 5.91 Å². The lowest BCUT2D eigenvalue weighted by Gasteiger charge is -2.16. The van der Waals surface area contributed by atoms with Gasteiger partial charge in [-0.2, -0.15) is 5.26 Å². The van der Waals surface area contributed by atoms with Gasteiger partial charge in [0.1, 0.15) is 5.69 Å². The van der Waals surface area contributed by atoms with Crippen LogP contribution in [0.3, 0.4) is 0 Å². The highest BCUT2D eigenvalue weighted by molar-refractivity contribution is 7.09. The van der Waals surface area contributed by atoms with Crippen molar-refractivity contribution in [2.75, 3.05) is 11.9 Å². The van der Waals surface area contributed by atoms with Crippen molar-refractivity contribution in [2.24, 2.45) is 0 Å². The normalized spacial score (nSPS) is 9.83. The molecule has 1 amide bonds. The number of thiazole rings is 1. The Morgan fingerprint density at radius 1 is 1.50 bits per heavy atom. The highest BCUT2D eigenvalue weighted by atomic mass is 32.1. The van der Waals surface area contributed by atoms with Crippen molar-refractivity contribution in [3.05, 3.63) is 45.9 Å². The summed E-state index contributed by atoms with van der Waals surface area (Å²) in [5, 5.41) is 11.4. The number of benzene rings is 1. The van der Waals surface area contributed by atoms with E-state index in [1.807, 2.05) is 6.92 Å². The van der Waals surface area contributed by atoms with Gasteiger partial charge in [-0.05, 0) is 25.1 Å². The van der Waals surface area contributed by atoms with E-state index in [0.29, 0.717) is 16.9 Å². The van der Waals surface area contributed by atoms with Gasteiger partial charge in [0.2, 0.25) is 0 Å². The molecule has 5 heteroatoms. The van der Waals surface area contributed by atoms with Crippen LogP contribution in [0.2, 0.25) is 0 Å². The van der Waals surface area contributed by atoms with Gasteiger partial charge in [-0.1, -0.05) is 6.07 Å². The van der Waals surface area contributed by atoms with E-state index in [1.54, 1.807) is 36.7 Å². The minimum Gasteiger partial charge on any atom is -0.310 e. The maximum atomic E-state index is 12.1. The van der Waals surface area contributed by atoms with Gasteiger partial charge >= 0.3 is 0 Å². The molecule has 0 radical (unpaired) electrons. The first kappa shape index (κ1) is 12.3. The maximum absolute atomic E-state index is 12.1. The smallest absolute Gasteiger partial charge is 0.277 e. The maximum Gasteiger partial charge on any atom is 0.277 e. The molecule has 0 saturated carbocycles. The minimum absolute atomic E-state index is 0.172. The average molecular weight is 257 g/mol. The van der Waals surface area contributed by atoms with Gasteiger partial charge < -0.3 is 4.90 Å². The van der Waals surface area contributed by atoms with E-state index in [4.69, 9.17) is 5.26 Å². The number of hydrogen-bond acceptors (Lipinski definition) is 4. The zero-order valence-electron chi connectivity index (χ0n) is 10.0. The molecular formula is C13H11N3OS. The lowest BCUT2D eigenvalue weighted by atomic mass is 10.2. The summed E-state index contributed by atoms with van der Waals surface area (Å²) in [6.45, 7) is 1.86. The Bertz CT molecular complexity index is 627. The van der Waals surface area contributed by atoms with Crippen molar-refractivity contribution in [1.82, 2.24) is 4.98 Å². The molecule has 0 N–H and O–H groups in total. The van der Waals surface area contributed by atoms with Crippen molar-refractivity contribution in [3.8, 4) is 6.07 Å². The van der Waals surface area contributed by atoms with Gasteiger partial charge in [-0.25, -0.2) is 4.98 Å². The molecule has 4 nitrogen and oxygen atoms in total. The zero-order chi connectivity index (χ0) is 13.1. The van der Waals surface area contributed by atoms with Crippen LogP contribution < -0.4 is 4.90 Å². The number of anilines is 1. The topological polar surface area (TPSA) is 57.0 Å². The van der Waals surface area contributed by atoms with Crippen LogP contribution in [-0.2, 0) is 0 Å². The Kier molecular flexibility index (Phi) is 3.40. The third kappa shape index (κ3) is 2.39. The van der Waals surface area contributed by atoms with E-state index in [2.05, 4.69) is 11.1 Å². The quantitative estimate of drug-likeness (QED) is 0.831. The SMILES string of the molecule is Cc1nc(C(=O)N(C)c2cccc(C#N)c2)cs1. The first-order chi connectivity index (χ1) is 8.61. The molecule has 0 saturated heterocycles. The van der Waals surface area contributed by atoms with Crippen molar-refractivity contribution in [1.29, 1.82) is 5.26 Å². The van der Waals surface area contributed by atoms with Crippen LogP contribution in [-0.4, -0.2) is 17.9 Å². The average Bonchev–Trinajstić information content (AvgIpc) is 2.83. The summed E-state index contributed by atoms with van der Waals surface area (Å²) in [5.74, 6) is -0.172. The second-order valence-electron chi connectivity index (χ2n) is 3.78. The van der Waals surface area contributed by atoms with Crippen LogP contribution in [0.5, 0.6) is 0 Å². The summed E-state index contributed by atoms with van der Waals surface area (Å²) >= 11 is 1.44. The summed E-state index contributed by atoms with van der Waals surface area (Å²) in [7, 11) is 1.67. The Labute approximate surface area is 109 Å². The van der Waals surface area contributed by atoms with Crippen molar-refractivity contribution in [2.45, 2.75) is 6.92 Å². The van der Waals surface area contributed by atoms with Crippen LogP contribution in [0.1, 0.15) is 21.1 Å². The Hall–Kier alpha value is -2.19. The third-order valence-corrected chi connectivity index (χ3v) is 3.28. The summed E-state index contributed by atoms with van der Waals surface area (Å²) in [6, 6.07) is 8.98. The molecule has 0 spiro atoms. The largest absolute Gasteiger partial charge is 0.310 e. The number of nitrogens with zero attached hydrogens (tertiary/aromatic N) is 3. The fourth-order valence-corrected chi connectivity index (χ4v) is 2.12. The van der Waals surface area contributed by atoms with E-state index in [-0.39, 0.29) is 5.91 Å². The summed E-state index contributed by atoms with van der Waals surface area (Å²) in [5.41, 5.74) is 1.65. The molecule has 0 aliphatic heterocycles. The highest BCUT2D eigenvalue weighted by Crippen LogP contribution is 2.18. The summed E-state index contributed by atoms with van der Waals surface area (Å²) in [4.78, 5) is 17.8. The molecule has 0 fully saturated rings. The predicted molar refractivity (Wildman–Crippen MR) is 70.7 cm³/mol. The number of aryl methyl sites for hydroxylation is 1. The Morgan fingerprint density at radius 2 is 2.28 bits per heavy atom. The molecule has 2 rings (SSSR count). The molecule has 1 heterocycles. The number of carbonyl (C=O) groups is 1. The van der Waals surface area contributed by atoms with Crippen molar-refractivity contribution in [3.63, 3.8) is 0 Å². The van der Waals surface area contributed by atoms with Crippen LogP contribution in [0.15, 0.2) is 29.6 Å². The number of aromatic nitrogens is 1. The number of rotatable bonds is 2. The Balaban J connectivity index is 2.28. The molecule has 0 aliphatic carbocycles. The lowest BCUT2D eigenvalue weighted by Crippen LogP contribution is -2.26. The van der Waals surface area contributed by atoms with Crippen molar-refractivity contribution < 1.29 is 4.79 Å². The number of hydrogen-bond donors (Lipinski definition) is 0. The zero-order valence-corrected chi connectivity index (χ0v) is 10.9. The Morgan fingerprint density at radius 3 is 2.89 bits per heavy atom. The molecular weight excluding hydrogens is 246 g/mol. The summed E-state index contributed by atoms with van der Waals surface area (Å²) in [6.07, 6.45) is 0. The van der Waals surface area contributed by atoms with E-state index in [9.17, 15) is 4.79 Å². The first-order valence-corrected chi connectivity index (χ1v) is 6.20. The van der Waals surface area contributed by atoms with Crippen LogP contribution in [0, 0.1) is 18.3 Å². The van der Waals surface area contributed by atoms with Crippen molar-refractivity contribution >= 4 is 22.9 Å². The number of amides is 1. The minimum atomic E-state index is -0.172. The van der Waals surface area contributed by atoms with E-state index in [0.717, 1.165) is 5.01 Å². The van der Waals surface area contributed by atoms with Crippen LogP contribution in [0.4, 0.5) is 5.69 Å². The number of carbonyl (C=O) groups excluding carboxylic acids is 1. The molecule has 0 unspecified atom stereocenters. The van der Waals surface area contributed by atoms with Crippen LogP contribution in [0.25, 0.3) is 0 Å². The highest BCUT2D eigenvalue weighted by Gasteiger charge is 2.16. The third-order valence-electron chi connectivity index (χ3n) is 2.51. The molecule has 1 aromatic carbocycles. The molecule has 18 heavy (non-hydrogen) atoms. The fraction of sp³-hybridized carbons (Fsp3) is 0.154. The second kappa shape index (κ2) is 4.98. The van der Waals surface area contributed by atoms with Gasteiger partial charge in [0.05, 0.1) is 16.6 Å². The molecule has 0 atom stereocenters. The first-order valence-electron chi connectivity index (χ1n) is 5.32. The fourth-order valence-electron chi connectivity index (χ4n) is 1.53. The van der Waals surface area contributed by atoms with Gasteiger partial charge in [0, 0.05) is 18.1 Å². The molecule has 0 aliphatic rings. The van der Waals surface area contributed by atoms with Gasteiger partial charge in [0.15, 0.2) is 0 Å². The molecule has 1 aromatic heterocycles. The van der Waals surface area contributed by atoms with E-state index in [1.165, 1.54) is 16.2 Å².